The van der Waals surface area contributed by atoms with E-state index in [1.165, 1.54) is 0 Å². The van der Waals surface area contributed by atoms with E-state index in [-0.39, 0.29) is 6.61 Å². The van der Waals surface area contributed by atoms with Gasteiger partial charge in [-0.15, -0.1) is 0 Å². The molecule has 1 atom stereocenters. The number of aliphatic hydroxyl groups is 1. The van der Waals surface area contributed by atoms with Crippen LogP contribution < -0.4 is 4.74 Å². The van der Waals surface area contributed by atoms with E-state index in [0.717, 1.165) is 23.6 Å². The van der Waals surface area contributed by atoms with Crippen LogP contribution in [0.25, 0.3) is 0 Å². The first-order valence-electron chi connectivity index (χ1n) is 7.79. The normalized spacial score (nSPS) is 12.5. The van der Waals surface area contributed by atoms with Gasteiger partial charge in [-0.05, 0) is 30.7 Å². The molecule has 2 aromatic rings. The Balaban J connectivity index is 1.83. The molecule has 0 spiro atoms. The van der Waals surface area contributed by atoms with Crippen molar-refractivity contribution in [3.8, 4) is 5.75 Å². The summed E-state index contributed by atoms with van der Waals surface area (Å²) in [7, 11) is 1.67. The Kier molecular flexibility index (Phi) is 7.13. The summed E-state index contributed by atoms with van der Waals surface area (Å²) in [6, 6.07) is 11.6. The van der Waals surface area contributed by atoms with Gasteiger partial charge in [0.25, 0.3) is 0 Å². The van der Waals surface area contributed by atoms with Gasteiger partial charge in [-0.3, -0.25) is 4.90 Å². The van der Waals surface area contributed by atoms with Crippen molar-refractivity contribution in [1.82, 2.24) is 4.90 Å². The molecule has 0 saturated heterocycles. The second-order valence-corrected chi connectivity index (χ2v) is 5.54. The molecule has 1 aromatic carbocycles. The highest BCUT2D eigenvalue weighted by molar-refractivity contribution is 5.31. The smallest absolute Gasteiger partial charge is 0.122 e. The van der Waals surface area contributed by atoms with Gasteiger partial charge in [0.2, 0.25) is 0 Å². The van der Waals surface area contributed by atoms with Crippen LogP contribution in [0.3, 0.4) is 0 Å². The number of nitrogens with zero attached hydrogens (tertiary/aromatic N) is 1. The van der Waals surface area contributed by atoms with Crippen LogP contribution in [0, 0.1) is 6.92 Å². The molecule has 0 bridgehead atoms. The molecule has 0 aliphatic carbocycles. The maximum absolute atomic E-state index is 10.3. The van der Waals surface area contributed by atoms with Crippen molar-refractivity contribution < 1.29 is 19.0 Å². The SMILES string of the molecule is COCCN(Cc1ccco1)C[C@H](O)COc1ccccc1C. The lowest BCUT2D eigenvalue weighted by Crippen LogP contribution is -2.37. The maximum Gasteiger partial charge on any atom is 0.122 e. The molecule has 126 valence electrons. The van der Waals surface area contributed by atoms with Crippen LogP contribution in [0.1, 0.15) is 11.3 Å². The fourth-order valence-electron chi connectivity index (χ4n) is 2.33. The second kappa shape index (κ2) is 9.35. The lowest BCUT2D eigenvalue weighted by atomic mass is 10.2. The topological polar surface area (TPSA) is 55.1 Å². The van der Waals surface area contributed by atoms with Crippen LogP contribution in [0.2, 0.25) is 0 Å². The summed E-state index contributed by atoms with van der Waals surface area (Å²) in [5.41, 5.74) is 1.06. The van der Waals surface area contributed by atoms with Gasteiger partial charge >= 0.3 is 0 Å². The molecule has 0 amide bonds. The summed E-state index contributed by atoms with van der Waals surface area (Å²) in [5, 5.41) is 10.3. The van der Waals surface area contributed by atoms with Crippen molar-refractivity contribution in [2.45, 2.75) is 19.6 Å². The molecule has 0 aliphatic heterocycles. The van der Waals surface area contributed by atoms with Gasteiger partial charge in [-0.25, -0.2) is 0 Å². The molecule has 0 fully saturated rings. The average molecular weight is 319 g/mol. The van der Waals surface area contributed by atoms with Crippen molar-refractivity contribution in [3.05, 3.63) is 54.0 Å². The molecule has 5 nitrogen and oxygen atoms in total. The number of hydrogen-bond donors (Lipinski definition) is 1. The standard InChI is InChI=1S/C18H25NO4/c1-15-6-3-4-8-18(15)23-14-16(20)12-19(9-11-21-2)13-17-7-5-10-22-17/h3-8,10,16,20H,9,11-14H2,1-2H3/t16-/m0/s1. The second-order valence-electron chi connectivity index (χ2n) is 5.54. The Morgan fingerprint density at radius 1 is 1.22 bits per heavy atom. The van der Waals surface area contributed by atoms with Gasteiger partial charge in [0.05, 0.1) is 19.4 Å². The Bertz CT molecular complexity index is 556. The monoisotopic (exact) mass is 319 g/mol. The van der Waals surface area contributed by atoms with Crippen LogP contribution in [0.15, 0.2) is 47.1 Å². The zero-order chi connectivity index (χ0) is 16.5. The summed E-state index contributed by atoms with van der Waals surface area (Å²) >= 11 is 0. The van der Waals surface area contributed by atoms with E-state index in [1.54, 1.807) is 13.4 Å². The van der Waals surface area contributed by atoms with Crippen LogP contribution in [-0.4, -0.2) is 49.5 Å². The molecule has 0 radical (unpaired) electrons. The average Bonchev–Trinajstić information content (AvgIpc) is 3.05. The summed E-state index contributed by atoms with van der Waals surface area (Å²) in [6.45, 7) is 4.70. The first-order chi connectivity index (χ1) is 11.2. The molecule has 0 unspecified atom stereocenters. The predicted molar refractivity (Wildman–Crippen MR) is 88.5 cm³/mol. The lowest BCUT2D eigenvalue weighted by molar-refractivity contribution is 0.0516. The maximum atomic E-state index is 10.3. The minimum Gasteiger partial charge on any atom is -0.491 e. The summed E-state index contributed by atoms with van der Waals surface area (Å²) in [5.74, 6) is 1.68. The Labute approximate surface area is 137 Å². The molecule has 0 saturated carbocycles. The van der Waals surface area contributed by atoms with E-state index in [1.807, 2.05) is 43.3 Å². The fraction of sp³-hybridized carbons (Fsp3) is 0.444. The molecule has 23 heavy (non-hydrogen) atoms. The van der Waals surface area contributed by atoms with Gasteiger partial charge < -0.3 is 19.0 Å². The Morgan fingerprint density at radius 2 is 2.04 bits per heavy atom. The molecule has 0 aliphatic rings. The van der Waals surface area contributed by atoms with Crippen molar-refractivity contribution in [2.75, 3.05) is 33.4 Å². The van der Waals surface area contributed by atoms with E-state index in [4.69, 9.17) is 13.9 Å². The van der Waals surface area contributed by atoms with Crippen LogP contribution >= 0.6 is 0 Å². The molecular formula is C18H25NO4. The van der Waals surface area contributed by atoms with Crippen LogP contribution in [-0.2, 0) is 11.3 Å². The molecule has 5 heteroatoms. The number of furan rings is 1. The number of rotatable bonds is 10. The Hall–Kier alpha value is -1.82. The van der Waals surface area contributed by atoms with Crippen molar-refractivity contribution in [3.63, 3.8) is 0 Å². The highest BCUT2D eigenvalue weighted by Crippen LogP contribution is 2.16. The van der Waals surface area contributed by atoms with Gasteiger partial charge in [-0.2, -0.15) is 0 Å². The van der Waals surface area contributed by atoms with E-state index in [9.17, 15) is 5.11 Å². The lowest BCUT2D eigenvalue weighted by Gasteiger charge is -2.24. The summed E-state index contributed by atoms with van der Waals surface area (Å²) in [6.07, 6.45) is 1.07. The number of aryl methyl sites for hydroxylation is 1. The molecule has 1 heterocycles. The first-order valence-corrected chi connectivity index (χ1v) is 7.79. The van der Waals surface area contributed by atoms with Gasteiger partial charge in [0.1, 0.15) is 24.2 Å². The number of aliphatic hydroxyl groups excluding tert-OH is 1. The number of benzene rings is 1. The van der Waals surface area contributed by atoms with E-state index in [2.05, 4.69) is 4.90 Å². The zero-order valence-electron chi connectivity index (χ0n) is 13.8. The van der Waals surface area contributed by atoms with Crippen molar-refractivity contribution in [2.24, 2.45) is 0 Å². The quantitative estimate of drug-likeness (QED) is 0.729. The van der Waals surface area contributed by atoms with E-state index >= 15 is 0 Å². The minimum atomic E-state index is -0.582. The summed E-state index contributed by atoms with van der Waals surface area (Å²) in [4.78, 5) is 2.09. The number of methoxy groups -OCH3 is 1. The number of hydrogen-bond acceptors (Lipinski definition) is 5. The third-order valence-electron chi connectivity index (χ3n) is 3.56. The number of para-hydroxylation sites is 1. The van der Waals surface area contributed by atoms with Gasteiger partial charge in [0, 0.05) is 20.2 Å². The molecule has 1 N–H and O–H groups in total. The van der Waals surface area contributed by atoms with Crippen LogP contribution in [0.5, 0.6) is 5.75 Å². The predicted octanol–water partition coefficient (Wildman–Crippen LogP) is 2.48. The number of ether oxygens (including phenoxy) is 2. The van der Waals surface area contributed by atoms with Gasteiger partial charge in [0.15, 0.2) is 0 Å². The molecule has 2 rings (SSSR count). The highest BCUT2D eigenvalue weighted by Gasteiger charge is 2.14. The van der Waals surface area contributed by atoms with Crippen LogP contribution in [0.4, 0.5) is 0 Å². The highest BCUT2D eigenvalue weighted by atomic mass is 16.5. The minimum absolute atomic E-state index is 0.256. The van der Waals surface area contributed by atoms with E-state index in [0.29, 0.717) is 19.7 Å². The third kappa shape index (κ3) is 6.06. The zero-order valence-corrected chi connectivity index (χ0v) is 13.8. The van der Waals surface area contributed by atoms with Gasteiger partial charge in [-0.1, -0.05) is 18.2 Å². The fourth-order valence-corrected chi connectivity index (χ4v) is 2.33. The van der Waals surface area contributed by atoms with Crippen molar-refractivity contribution in [1.29, 1.82) is 0 Å². The molecular weight excluding hydrogens is 294 g/mol. The van der Waals surface area contributed by atoms with E-state index < -0.39 is 6.10 Å². The molecule has 1 aromatic heterocycles. The summed E-state index contributed by atoms with van der Waals surface area (Å²) < 4.78 is 16.2. The first kappa shape index (κ1) is 17.5. The largest absolute Gasteiger partial charge is 0.491 e. The Morgan fingerprint density at radius 3 is 2.74 bits per heavy atom. The third-order valence-corrected chi connectivity index (χ3v) is 3.56. The van der Waals surface area contributed by atoms with Crippen molar-refractivity contribution >= 4 is 0 Å².